The van der Waals surface area contributed by atoms with Crippen molar-refractivity contribution in [2.75, 3.05) is 62.7 Å². The minimum Gasteiger partial charge on any atom is -0.455 e. The molecule has 4 N–H and O–H groups in total. The summed E-state index contributed by atoms with van der Waals surface area (Å²) in [6, 6.07) is 12.3. The van der Waals surface area contributed by atoms with Crippen LogP contribution in [-0.2, 0) is 14.8 Å². The molecule has 14 nitrogen and oxygen atoms in total. The Bertz CT molecular complexity index is 2440. The molecule has 0 amide bonds. The number of ether oxygens (including phenoxy) is 2. The number of hydrogen-bond acceptors (Lipinski definition) is 11. The zero-order chi connectivity index (χ0) is 43.8. The first-order valence-electron chi connectivity index (χ1n) is 22.8. The average Bonchev–Trinajstić information content (AvgIpc) is 4.00. The number of piperazine rings is 1. The van der Waals surface area contributed by atoms with Crippen LogP contribution in [0.4, 0.5) is 21.5 Å². The van der Waals surface area contributed by atoms with E-state index in [4.69, 9.17) is 9.47 Å². The van der Waals surface area contributed by atoms with E-state index in [1.165, 1.54) is 76.3 Å². The fourth-order valence-electron chi connectivity index (χ4n) is 10.4. The van der Waals surface area contributed by atoms with E-state index in [9.17, 15) is 23.6 Å². The molecular formula is C47H60FN7O7S. The number of nitrogens with zero attached hydrogens (tertiary/aromatic N) is 4. The molecule has 5 aliphatic rings. The second-order valence-corrected chi connectivity index (χ2v) is 20.4. The number of fused-ring (bicyclic) bond motifs is 1. The molecule has 3 aliphatic carbocycles. The molecule has 4 aromatic rings. The molecule has 4 heterocycles. The molecule has 1 spiro atoms. The Hall–Kier alpha value is -4.61. The first-order valence-corrected chi connectivity index (χ1v) is 24.3. The summed E-state index contributed by atoms with van der Waals surface area (Å²) < 4.78 is 56.7. The van der Waals surface area contributed by atoms with Gasteiger partial charge in [0.05, 0.1) is 16.0 Å². The van der Waals surface area contributed by atoms with Crippen LogP contribution in [0.15, 0.2) is 77.0 Å². The number of nitro groups is 1. The minimum atomic E-state index is -4.52. The molecule has 2 unspecified atom stereocenters. The second-order valence-electron chi connectivity index (χ2n) is 18.6. The monoisotopic (exact) mass is 885 g/mol. The number of rotatable bonds is 17. The zero-order valence-electron chi connectivity index (χ0n) is 36.1. The lowest BCUT2D eigenvalue weighted by molar-refractivity contribution is -0.384. The van der Waals surface area contributed by atoms with Crippen LogP contribution < -0.4 is 19.7 Å². The third-order valence-electron chi connectivity index (χ3n) is 14.4. The smallest absolute Gasteiger partial charge is 0.293 e. The number of aliphatic hydroxyl groups is 1. The number of hydrogen-bond donors (Lipinski definition) is 4. The maximum absolute atomic E-state index is 15.3. The first-order chi connectivity index (χ1) is 30.4. The topological polar surface area (TPSA) is 175 Å². The lowest BCUT2D eigenvalue weighted by atomic mass is 9.58. The van der Waals surface area contributed by atoms with Crippen molar-refractivity contribution in [2.45, 2.75) is 101 Å². The van der Waals surface area contributed by atoms with Gasteiger partial charge in [-0.1, -0.05) is 30.9 Å². The van der Waals surface area contributed by atoms with Crippen LogP contribution in [0.2, 0.25) is 0 Å². The van der Waals surface area contributed by atoms with Crippen molar-refractivity contribution in [3.8, 4) is 11.5 Å². The van der Waals surface area contributed by atoms with Gasteiger partial charge in [0.2, 0.25) is 10.0 Å². The van der Waals surface area contributed by atoms with E-state index in [0.717, 1.165) is 61.7 Å². The highest BCUT2D eigenvalue weighted by Gasteiger charge is 2.44. The SMILES string of the molecule is CCCC(C1=C(CN2CCN(c3ccc(C(O)NS(=O)(=O)c4ccc(NCC5(F)CCOCC5)c([N+](=O)[O-])c4)c(Oc4cnc5[nH]ccc5c4)c3)CC2)CCC2(CCC2)C1)C1CC1. The maximum atomic E-state index is 15.3. The van der Waals surface area contributed by atoms with Crippen LogP contribution in [0.25, 0.3) is 11.0 Å². The molecule has 4 fully saturated rings. The number of sulfonamides is 1. The van der Waals surface area contributed by atoms with Crippen molar-refractivity contribution < 1.29 is 32.3 Å². The van der Waals surface area contributed by atoms with E-state index in [1.807, 2.05) is 23.8 Å². The fourth-order valence-corrected chi connectivity index (χ4v) is 11.4. The number of H-pyrrole nitrogens is 1. The van der Waals surface area contributed by atoms with Gasteiger partial charge in [-0.2, -0.15) is 4.72 Å². The molecule has 16 heteroatoms. The molecule has 9 rings (SSSR count). The summed E-state index contributed by atoms with van der Waals surface area (Å²) in [5, 5.41) is 27.3. The van der Waals surface area contributed by atoms with Gasteiger partial charge in [0.15, 0.2) is 0 Å². The number of anilines is 2. The molecule has 0 radical (unpaired) electrons. The van der Waals surface area contributed by atoms with Gasteiger partial charge in [-0.3, -0.25) is 15.0 Å². The second kappa shape index (κ2) is 18.1. The van der Waals surface area contributed by atoms with Gasteiger partial charge in [0.1, 0.15) is 34.7 Å². The summed E-state index contributed by atoms with van der Waals surface area (Å²) in [5.74, 6) is 2.26. The van der Waals surface area contributed by atoms with Gasteiger partial charge in [-0.05, 0) is 105 Å². The van der Waals surface area contributed by atoms with Crippen LogP contribution in [-0.4, -0.2) is 91.5 Å². The molecular weight excluding hydrogens is 826 g/mol. The summed E-state index contributed by atoms with van der Waals surface area (Å²) in [5.41, 5.74) is 3.61. The highest BCUT2D eigenvalue weighted by atomic mass is 32.2. The van der Waals surface area contributed by atoms with Crippen molar-refractivity contribution in [3.63, 3.8) is 0 Å². The lowest BCUT2D eigenvalue weighted by Crippen LogP contribution is -2.47. The highest BCUT2D eigenvalue weighted by Crippen LogP contribution is 2.57. The number of nitrogens with one attached hydrogen (secondary N) is 3. The lowest BCUT2D eigenvalue weighted by Gasteiger charge is -2.48. The summed E-state index contributed by atoms with van der Waals surface area (Å²) in [7, 11) is -4.52. The number of aliphatic hydroxyl groups excluding tert-OH is 1. The molecule has 2 saturated heterocycles. The summed E-state index contributed by atoms with van der Waals surface area (Å²) in [4.78, 5) is 23.4. The molecule has 0 bridgehead atoms. The average molecular weight is 886 g/mol. The Morgan fingerprint density at radius 3 is 2.57 bits per heavy atom. The van der Waals surface area contributed by atoms with Gasteiger partial charge in [0, 0.05) is 100 Å². The zero-order valence-corrected chi connectivity index (χ0v) is 36.9. The Morgan fingerprint density at radius 1 is 1.06 bits per heavy atom. The molecule has 338 valence electrons. The highest BCUT2D eigenvalue weighted by molar-refractivity contribution is 7.89. The minimum absolute atomic E-state index is 0.0185. The molecule has 2 aliphatic heterocycles. The van der Waals surface area contributed by atoms with Crippen molar-refractivity contribution >= 4 is 38.1 Å². The number of allylic oxidation sites excluding steroid dienone is 1. The molecule has 2 aromatic heterocycles. The summed E-state index contributed by atoms with van der Waals surface area (Å²) in [6.07, 6.45) is 15.2. The Morgan fingerprint density at radius 2 is 1.86 bits per heavy atom. The number of aromatic nitrogens is 2. The van der Waals surface area contributed by atoms with Crippen LogP contribution in [0.1, 0.15) is 95.8 Å². The quantitative estimate of drug-likeness (QED) is 0.0345. The van der Waals surface area contributed by atoms with E-state index in [0.29, 0.717) is 16.8 Å². The summed E-state index contributed by atoms with van der Waals surface area (Å²) >= 11 is 0. The Balaban J connectivity index is 0.921. The van der Waals surface area contributed by atoms with E-state index in [2.05, 4.69) is 36.7 Å². The van der Waals surface area contributed by atoms with Crippen molar-refractivity contribution in [1.82, 2.24) is 19.6 Å². The third-order valence-corrected chi connectivity index (χ3v) is 15.8. The van der Waals surface area contributed by atoms with Crippen LogP contribution >= 0.6 is 0 Å². The Labute approximate surface area is 368 Å². The predicted molar refractivity (Wildman–Crippen MR) is 240 cm³/mol. The maximum Gasteiger partial charge on any atom is 0.293 e. The van der Waals surface area contributed by atoms with E-state index >= 15 is 4.39 Å². The van der Waals surface area contributed by atoms with Gasteiger partial charge in [0.25, 0.3) is 5.69 Å². The van der Waals surface area contributed by atoms with E-state index < -0.39 is 37.4 Å². The number of nitro benzene ring substituents is 1. The van der Waals surface area contributed by atoms with E-state index in [-0.39, 0.29) is 49.6 Å². The van der Waals surface area contributed by atoms with Crippen LogP contribution in [0, 0.1) is 27.4 Å². The first kappa shape index (κ1) is 43.6. The predicted octanol–water partition coefficient (Wildman–Crippen LogP) is 8.76. The van der Waals surface area contributed by atoms with Crippen molar-refractivity contribution in [1.29, 1.82) is 0 Å². The van der Waals surface area contributed by atoms with Crippen molar-refractivity contribution in [2.24, 2.45) is 17.3 Å². The third kappa shape index (κ3) is 9.75. The van der Waals surface area contributed by atoms with Crippen molar-refractivity contribution in [3.05, 3.63) is 87.7 Å². The molecule has 2 atom stereocenters. The molecule has 63 heavy (non-hydrogen) atoms. The largest absolute Gasteiger partial charge is 0.455 e. The number of pyridine rings is 1. The molecule has 2 saturated carbocycles. The number of benzene rings is 2. The van der Waals surface area contributed by atoms with Gasteiger partial charge in [-0.15, -0.1) is 0 Å². The van der Waals surface area contributed by atoms with Gasteiger partial charge in [-0.25, -0.2) is 17.8 Å². The standard InChI is InChI=1S/C47H60FN7O7S/c1-2-4-38(32-5-6-32)40-28-46(13-3-14-46)15-11-34(40)30-53-19-21-54(22-20-53)35-7-9-39(43(26-35)62-36-25-33-12-18-49-44(33)50-29-36)45(56)52-63(59,60)37-8-10-41(42(27-37)55(57)58)51-31-47(48)16-23-61-24-17-47/h7-10,12,18,25-27,29,32,38,45,51-52,56H,2-6,11,13-17,19-24,28,30-31H2,1H3,(H,49,50). The van der Waals surface area contributed by atoms with Crippen LogP contribution in [0.3, 0.4) is 0 Å². The Kier molecular flexibility index (Phi) is 12.5. The normalized spacial score (nSPS) is 21.3. The number of aromatic amines is 1. The number of halogens is 1. The summed E-state index contributed by atoms with van der Waals surface area (Å²) in [6.45, 7) is 7.07. The van der Waals surface area contributed by atoms with E-state index in [1.54, 1.807) is 30.1 Å². The molecule has 2 aromatic carbocycles. The fraction of sp³-hybridized carbons (Fsp3) is 0.553. The van der Waals surface area contributed by atoms with Gasteiger partial charge < -0.3 is 29.8 Å². The van der Waals surface area contributed by atoms with Crippen LogP contribution in [0.5, 0.6) is 11.5 Å². The van der Waals surface area contributed by atoms with Gasteiger partial charge >= 0.3 is 0 Å². The number of alkyl halides is 1.